The number of halogens is 3. The molecule has 3 nitrogen and oxygen atoms in total. The van der Waals surface area contributed by atoms with Crippen LogP contribution in [0.1, 0.15) is 29.8 Å². The van der Waals surface area contributed by atoms with Gasteiger partial charge in [-0.3, -0.25) is 0 Å². The lowest BCUT2D eigenvalue weighted by Gasteiger charge is -2.05. The lowest BCUT2D eigenvalue weighted by Crippen LogP contribution is -2.10. The third kappa shape index (κ3) is 5.62. The van der Waals surface area contributed by atoms with Gasteiger partial charge in [0, 0.05) is 18.8 Å². The summed E-state index contributed by atoms with van der Waals surface area (Å²) in [6.45, 7) is 2.52. The minimum Gasteiger partial charge on any atom is -0.494 e. The monoisotopic (exact) mass is 320 g/mol. The van der Waals surface area contributed by atoms with Crippen molar-refractivity contribution in [1.82, 2.24) is 9.97 Å². The molecule has 0 N–H and O–H groups in total. The minimum absolute atomic E-state index is 0.359. The van der Waals surface area contributed by atoms with Gasteiger partial charge in [0.2, 0.25) is 5.82 Å². The van der Waals surface area contributed by atoms with Gasteiger partial charge in [-0.2, -0.15) is 13.2 Å². The molecule has 2 aromatic rings. The van der Waals surface area contributed by atoms with Crippen molar-refractivity contribution in [3.8, 4) is 17.6 Å². The number of ether oxygens (including phenoxy) is 1. The number of unbranched alkanes of at least 4 members (excludes halogenated alkanes) is 1. The molecule has 0 saturated heterocycles. The number of nitrogens with zero attached hydrogens (tertiary/aromatic N) is 2. The number of aryl methyl sites for hydroxylation is 1. The minimum atomic E-state index is -4.53. The number of benzene rings is 1. The molecule has 0 aliphatic rings. The molecular weight excluding hydrogens is 305 g/mol. The van der Waals surface area contributed by atoms with Gasteiger partial charge in [0.05, 0.1) is 12.2 Å². The molecule has 0 aliphatic carbocycles. The Kier molecular flexibility index (Phi) is 5.58. The molecule has 1 aromatic heterocycles. The third-order valence-corrected chi connectivity index (χ3v) is 2.84. The highest BCUT2D eigenvalue weighted by atomic mass is 19.4. The molecule has 0 aliphatic heterocycles. The van der Waals surface area contributed by atoms with Crippen molar-refractivity contribution in [2.24, 2.45) is 0 Å². The summed E-state index contributed by atoms with van der Waals surface area (Å²) in [6, 6.07) is 7.75. The van der Waals surface area contributed by atoms with Crippen LogP contribution in [-0.2, 0) is 6.18 Å². The SMILES string of the molecule is Cc1cccc(OCCCC#Cc2cnc(C(F)(F)F)nc2)c1. The summed E-state index contributed by atoms with van der Waals surface area (Å²) < 4.78 is 42.5. The standard InChI is InChI=1S/C17H15F3N2O/c1-13-6-5-8-15(10-13)23-9-4-2-3-7-14-11-21-16(22-12-14)17(18,19)20/h5-6,8,10-12H,2,4,9H2,1H3. The third-order valence-electron chi connectivity index (χ3n) is 2.84. The topological polar surface area (TPSA) is 35.0 Å². The zero-order valence-electron chi connectivity index (χ0n) is 12.5. The molecule has 0 spiro atoms. The Balaban J connectivity index is 1.75. The van der Waals surface area contributed by atoms with E-state index in [9.17, 15) is 13.2 Å². The molecule has 6 heteroatoms. The van der Waals surface area contributed by atoms with Crippen LogP contribution in [0, 0.1) is 18.8 Å². The van der Waals surface area contributed by atoms with E-state index < -0.39 is 12.0 Å². The van der Waals surface area contributed by atoms with Crippen molar-refractivity contribution in [1.29, 1.82) is 0 Å². The second kappa shape index (κ2) is 7.63. The van der Waals surface area contributed by atoms with Crippen LogP contribution in [0.5, 0.6) is 5.75 Å². The van der Waals surface area contributed by atoms with Crippen LogP contribution in [0.15, 0.2) is 36.7 Å². The smallest absolute Gasteiger partial charge is 0.451 e. The summed E-state index contributed by atoms with van der Waals surface area (Å²) in [6.07, 6.45) is -1.08. The molecule has 0 atom stereocenters. The van der Waals surface area contributed by atoms with Gasteiger partial charge >= 0.3 is 6.18 Å². The highest BCUT2D eigenvalue weighted by Crippen LogP contribution is 2.25. The predicted octanol–water partition coefficient (Wildman–Crippen LogP) is 4.01. The van der Waals surface area contributed by atoms with Crippen molar-refractivity contribution in [3.05, 3.63) is 53.6 Å². The van der Waals surface area contributed by atoms with E-state index in [1.807, 2.05) is 31.2 Å². The second-order valence-electron chi connectivity index (χ2n) is 4.86. The molecule has 1 aromatic carbocycles. The van der Waals surface area contributed by atoms with Gasteiger partial charge in [-0.15, -0.1) is 0 Å². The molecule has 0 fully saturated rings. The Morgan fingerprint density at radius 1 is 1.17 bits per heavy atom. The van der Waals surface area contributed by atoms with Crippen LogP contribution in [0.4, 0.5) is 13.2 Å². The Bertz CT molecular complexity index is 700. The van der Waals surface area contributed by atoms with Gasteiger partial charge in [0.1, 0.15) is 5.75 Å². The van der Waals surface area contributed by atoms with Crippen LogP contribution in [0.3, 0.4) is 0 Å². The molecule has 0 amide bonds. The van der Waals surface area contributed by atoms with Crippen LogP contribution in [-0.4, -0.2) is 16.6 Å². The average molecular weight is 320 g/mol. The molecule has 23 heavy (non-hydrogen) atoms. The first-order chi connectivity index (χ1) is 10.9. The molecule has 2 rings (SSSR count). The second-order valence-corrected chi connectivity index (χ2v) is 4.86. The van der Waals surface area contributed by atoms with E-state index in [0.717, 1.165) is 30.1 Å². The lowest BCUT2D eigenvalue weighted by atomic mass is 10.2. The molecule has 0 unspecified atom stereocenters. The van der Waals surface area contributed by atoms with E-state index in [0.29, 0.717) is 18.6 Å². The molecule has 0 bridgehead atoms. The first kappa shape index (κ1) is 16.8. The van der Waals surface area contributed by atoms with Crippen molar-refractivity contribution in [3.63, 3.8) is 0 Å². The summed E-state index contributed by atoms with van der Waals surface area (Å²) in [5.74, 6) is 5.26. The number of rotatable bonds is 4. The van der Waals surface area contributed by atoms with Gasteiger partial charge in [-0.1, -0.05) is 24.0 Å². The maximum atomic E-state index is 12.3. The maximum absolute atomic E-state index is 12.3. The summed E-state index contributed by atoms with van der Waals surface area (Å²) in [7, 11) is 0. The Morgan fingerprint density at radius 2 is 1.91 bits per heavy atom. The van der Waals surface area contributed by atoms with Crippen LogP contribution < -0.4 is 4.74 Å². The largest absolute Gasteiger partial charge is 0.494 e. The highest BCUT2D eigenvalue weighted by molar-refractivity contribution is 5.29. The zero-order chi connectivity index (χ0) is 16.7. The van der Waals surface area contributed by atoms with E-state index >= 15 is 0 Å². The van der Waals surface area contributed by atoms with Crippen LogP contribution in [0.25, 0.3) is 0 Å². The fourth-order valence-electron chi connectivity index (χ4n) is 1.76. The summed E-state index contributed by atoms with van der Waals surface area (Å²) >= 11 is 0. The average Bonchev–Trinajstić information content (AvgIpc) is 2.50. The van der Waals surface area contributed by atoms with Crippen molar-refractivity contribution in [2.45, 2.75) is 25.9 Å². The molecule has 120 valence electrons. The van der Waals surface area contributed by atoms with Crippen LogP contribution >= 0.6 is 0 Å². The molecule has 0 radical (unpaired) electrons. The summed E-state index contributed by atoms with van der Waals surface area (Å²) in [5, 5.41) is 0. The van der Waals surface area contributed by atoms with E-state index in [1.165, 1.54) is 0 Å². The van der Waals surface area contributed by atoms with E-state index in [-0.39, 0.29) is 0 Å². The lowest BCUT2D eigenvalue weighted by molar-refractivity contribution is -0.145. The molecular formula is C17H15F3N2O. The number of alkyl halides is 3. The number of hydrogen-bond donors (Lipinski definition) is 0. The normalized spacial score (nSPS) is 10.8. The fraction of sp³-hybridized carbons (Fsp3) is 0.294. The Hall–Kier alpha value is -2.55. The van der Waals surface area contributed by atoms with Crippen molar-refractivity contribution >= 4 is 0 Å². The molecule has 0 saturated carbocycles. The first-order valence-corrected chi connectivity index (χ1v) is 7.03. The first-order valence-electron chi connectivity index (χ1n) is 7.03. The van der Waals surface area contributed by atoms with E-state index in [4.69, 9.17) is 4.74 Å². The zero-order valence-corrected chi connectivity index (χ0v) is 12.5. The Labute approximate surface area is 132 Å². The number of hydrogen-bond acceptors (Lipinski definition) is 3. The van der Waals surface area contributed by atoms with Gasteiger partial charge in [0.15, 0.2) is 0 Å². The van der Waals surface area contributed by atoms with Crippen molar-refractivity contribution in [2.75, 3.05) is 6.61 Å². The van der Waals surface area contributed by atoms with Gasteiger partial charge < -0.3 is 4.74 Å². The fourth-order valence-corrected chi connectivity index (χ4v) is 1.76. The highest BCUT2D eigenvalue weighted by Gasteiger charge is 2.34. The summed E-state index contributed by atoms with van der Waals surface area (Å²) in [5.41, 5.74) is 1.49. The summed E-state index contributed by atoms with van der Waals surface area (Å²) in [4.78, 5) is 6.50. The quantitative estimate of drug-likeness (QED) is 0.630. The van der Waals surface area contributed by atoms with E-state index in [2.05, 4.69) is 21.8 Å². The van der Waals surface area contributed by atoms with Gasteiger partial charge in [-0.25, -0.2) is 9.97 Å². The predicted molar refractivity (Wildman–Crippen MR) is 79.8 cm³/mol. The van der Waals surface area contributed by atoms with Gasteiger partial charge in [-0.05, 0) is 31.0 Å². The maximum Gasteiger partial charge on any atom is 0.451 e. The van der Waals surface area contributed by atoms with Crippen molar-refractivity contribution < 1.29 is 17.9 Å². The van der Waals surface area contributed by atoms with Gasteiger partial charge in [0.25, 0.3) is 0 Å². The Morgan fingerprint density at radius 3 is 2.57 bits per heavy atom. The molecule has 1 heterocycles. The van der Waals surface area contributed by atoms with Crippen LogP contribution in [0.2, 0.25) is 0 Å². The number of aromatic nitrogens is 2. The van der Waals surface area contributed by atoms with E-state index in [1.54, 1.807) is 0 Å².